The zero-order valence-electron chi connectivity index (χ0n) is 11.2. The number of hydrogen-bond acceptors (Lipinski definition) is 4. The zero-order valence-corrected chi connectivity index (χ0v) is 11.9. The second-order valence-corrected chi connectivity index (χ2v) is 5.06. The molecule has 108 valence electrons. The summed E-state index contributed by atoms with van der Waals surface area (Å²) in [5.74, 6) is -1.46. The topological polar surface area (TPSA) is 80.1 Å². The molecule has 3 aromatic rings. The molecular weight excluding hydrogens is 304 g/mol. The van der Waals surface area contributed by atoms with E-state index < -0.39 is 5.97 Å². The van der Waals surface area contributed by atoms with Crippen molar-refractivity contribution in [1.29, 1.82) is 0 Å². The van der Waals surface area contributed by atoms with Crippen molar-refractivity contribution in [3.8, 4) is 0 Å². The Morgan fingerprint density at radius 3 is 2.59 bits per heavy atom. The minimum Gasteiger partial charge on any atom is -0.478 e. The van der Waals surface area contributed by atoms with Crippen LogP contribution in [0.3, 0.4) is 0 Å². The van der Waals surface area contributed by atoms with Crippen LogP contribution >= 0.6 is 11.6 Å². The Hall–Kier alpha value is -2.79. The summed E-state index contributed by atoms with van der Waals surface area (Å²) < 4.78 is 0. The summed E-state index contributed by atoms with van der Waals surface area (Å²) in [6.45, 7) is 0. The lowest BCUT2D eigenvalue weighted by Crippen LogP contribution is -2.06. The van der Waals surface area contributed by atoms with Gasteiger partial charge in [-0.3, -0.25) is 14.8 Å². The number of rotatable bonds is 3. The van der Waals surface area contributed by atoms with Gasteiger partial charge < -0.3 is 5.11 Å². The Morgan fingerprint density at radius 1 is 1.00 bits per heavy atom. The van der Waals surface area contributed by atoms with Gasteiger partial charge in [0.15, 0.2) is 0 Å². The molecule has 22 heavy (non-hydrogen) atoms. The van der Waals surface area contributed by atoms with E-state index in [2.05, 4.69) is 9.97 Å². The van der Waals surface area contributed by atoms with E-state index >= 15 is 0 Å². The van der Waals surface area contributed by atoms with Gasteiger partial charge in [0.25, 0.3) is 0 Å². The Labute approximate surface area is 130 Å². The van der Waals surface area contributed by atoms with Crippen molar-refractivity contribution < 1.29 is 14.7 Å². The van der Waals surface area contributed by atoms with E-state index in [1.807, 2.05) is 0 Å². The molecule has 5 nitrogen and oxygen atoms in total. The minimum atomic E-state index is -1.11. The van der Waals surface area contributed by atoms with E-state index in [1.165, 1.54) is 24.5 Å². The van der Waals surface area contributed by atoms with Gasteiger partial charge in [0, 0.05) is 23.3 Å². The number of halogens is 1. The monoisotopic (exact) mass is 312 g/mol. The van der Waals surface area contributed by atoms with Gasteiger partial charge in [-0.1, -0.05) is 11.6 Å². The van der Waals surface area contributed by atoms with Crippen molar-refractivity contribution >= 4 is 34.3 Å². The summed E-state index contributed by atoms with van der Waals surface area (Å²) in [6, 6.07) is 9.29. The van der Waals surface area contributed by atoms with Gasteiger partial charge in [0.05, 0.1) is 16.1 Å². The highest BCUT2D eigenvalue weighted by Crippen LogP contribution is 2.19. The van der Waals surface area contributed by atoms with Crippen LogP contribution in [0.1, 0.15) is 26.4 Å². The number of carbonyl (C=O) groups is 2. The molecule has 0 aliphatic heterocycles. The maximum Gasteiger partial charge on any atom is 0.335 e. The lowest BCUT2D eigenvalue weighted by atomic mass is 10.0. The SMILES string of the molecule is O=C(O)c1ccnc(C(=O)c2ccc3ncc(Cl)cc3c2)c1. The Morgan fingerprint density at radius 2 is 1.82 bits per heavy atom. The summed E-state index contributed by atoms with van der Waals surface area (Å²) in [5.41, 5.74) is 1.21. The highest BCUT2D eigenvalue weighted by Gasteiger charge is 2.14. The first-order valence-corrected chi connectivity index (χ1v) is 6.72. The lowest BCUT2D eigenvalue weighted by molar-refractivity contribution is 0.0696. The van der Waals surface area contributed by atoms with Crippen LogP contribution in [0.15, 0.2) is 48.8 Å². The molecule has 0 unspecified atom stereocenters. The predicted octanol–water partition coefficient (Wildman–Crippen LogP) is 3.21. The number of carboxylic acids is 1. The van der Waals surface area contributed by atoms with Crippen LogP contribution in [0, 0.1) is 0 Å². The molecule has 0 radical (unpaired) electrons. The van der Waals surface area contributed by atoms with Crippen LogP contribution in [0.2, 0.25) is 5.02 Å². The maximum atomic E-state index is 12.4. The average molecular weight is 313 g/mol. The predicted molar refractivity (Wildman–Crippen MR) is 81.4 cm³/mol. The quantitative estimate of drug-likeness (QED) is 0.751. The smallest absolute Gasteiger partial charge is 0.335 e. The fraction of sp³-hybridized carbons (Fsp3) is 0. The number of benzene rings is 1. The van der Waals surface area contributed by atoms with Gasteiger partial charge in [-0.25, -0.2) is 4.79 Å². The number of ketones is 1. The molecule has 2 aromatic heterocycles. The molecule has 3 rings (SSSR count). The van der Waals surface area contributed by atoms with Gasteiger partial charge in [0.1, 0.15) is 5.69 Å². The van der Waals surface area contributed by atoms with Crippen LogP contribution in [0.5, 0.6) is 0 Å². The average Bonchev–Trinajstić information content (AvgIpc) is 2.53. The van der Waals surface area contributed by atoms with Crippen molar-refractivity contribution in [3.05, 3.63) is 70.6 Å². The number of aromatic nitrogens is 2. The van der Waals surface area contributed by atoms with E-state index in [1.54, 1.807) is 24.3 Å². The number of pyridine rings is 2. The number of nitrogens with zero attached hydrogens (tertiary/aromatic N) is 2. The van der Waals surface area contributed by atoms with Gasteiger partial charge in [-0.15, -0.1) is 0 Å². The molecule has 0 bridgehead atoms. The number of carbonyl (C=O) groups excluding carboxylic acids is 1. The Balaban J connectivity index is 2.05. The largest absolute Gasteiger partial charge is 0.478 e. The Bertz CT molecular complexity index is 909. The first-order chi connectivity index (χ1) is 10.5. The standard InChI is InChI=1S/C16H9ClN2O3/c17-12-6-11-5-9(1-2-13(11)19-8-12)15(20)14-7-10(16(21)22)3-4-18-14/h1-8H,(H,21,22). The normalized spacial score (nSPS) is 10.6. The van der Waals surface area contributed by atoms with Crippen molar-refractivity contribution in [2.45, 2.75) is 0 Å². The zero-order chi connectivity index (χ0) is 15.7. The van der Waals surface area contributed by atoms with Crippen molar-refractivity contribution in [1.82, 2.24) is 9.97 Å². The molecule has 1 N–H and O–H groups in total. The van der Waals surface area contributed by atoms with Crippen molar-refractivity contribution in [3.63, 3.8) is 0 Å². The summed E-state index contributed by atoms with van der Waals surface area (Å²) in [5, 5.41) is 10.2. The molecule has 1 aromatic carbocycles. The van der Waals surface area contributed by atoms with Crippen LogP contribution < -0.4 is 0 Å². The molecule has 0 aliphatic carbocycles. The molecule has 2 heterocycles. The van der Waals surface area contributed by atoms with E-state index in [-0.39, 0.29) is 17.0 Å². The summed E-state index contributed by atoms with van der Waals surface area (Å²) in [6.07, 6.45) is 2.83. The molecule has 0 spiro atoms. The lowest BCUT2D eigenvalue weighted by Gasteiger charge is -2.04. The number of carboxylic acid groups (broad SMARTS) is 1. The number of aromatic carboxylic acids is 1. The first-order valence-electron chi connectivity index (χ1n) is 6.34. The highest BCUT2D eigenvalue weighted by atomic mass is 35.5. The third-order valence-electron chi connectivity index (χ3n) is 3.15. The van der Waals surface area contributed by atoms with Crippen LogP contribution in [-0.4, -0.2) is 26.8 Å². The van der Waals surface area contributed by atoms with Crippen molar-refractivity contribution in [2.75, 3.05) is 0 Å². The molecule has 0 fully saturated rings. The van der Waals surface area contributed by atoms with Crippen LogP contribution in [0.4, 0.5) is 0 Å². The molecule has 0 aliphatic rings. The summed E-state index contributed by atoms with van der Waals surface area (Å²) in [4.78, 5) is 31.5. The molecule has 0 amide bonds. The molecule has 6 heteroatoms. The second kappa shape index (κ2) is 5.54. The third kappa shape index (κ3) is 2.66. The Kier molecular flexibility index (Phi) is 3.56. The van der Waals surface area contributed by atoms with Crippen LogP contribution in [0.25, 0.3) is 10.9 Å². The van der Waals surface area contributed by atoms with E-state index in [0.717, 1.165) is 5.39 Å². The van der Waals surface area contributed by atoms with Gasteiger partial charge >= 0.3 is 5.97 Å². The van der Waals surface area contributed by atoms with Gasteiger partial charge in [-0.05, 0) is 36.4 Å². The fourth-order valence-corrected chi connectivity index (χ4v) is 2.25. The summed E-state index contributed by atoms with van der Waals surface area (Å²) >= 11 is 5.90. The highest BCUT2D eigenvalue weighted by molar-refractivity contribution is 6.31. The first kappa shape index (κ1) is 14.2. The van der Waals surface area contributed by atoms with E-state index in [0.29, 0.717) is 16.1 Å². The fourth-order valence-electron chi connectivity index (χ4n) is 2.08. The minimum absolute atomic E-state index is 0.0175. The number of fused-ring (bicyclic) bond motifs is 1. The van der Waals surface area contributed by atoms with E-state index in [4.69, 9.17) is 16.7 Å². The molecule has 0 saturated carbocycles. The summed E-state index contributed by atoms with van der Waals surface area (Å²) in [7, 11) is 0. The maximum absolute atomic E-state index is 12.4. The second-order valence-electron chi connectivity index (χ2n) is 4.63. The van der Waals surface area contributed by atoms with E-state index in [9.17, 15) is 9.59 Å². The molecule has 0 saturated heterocycles. The van der Waals surface area contributed by atoms with Crippen LogP contribution in [-0.2, 0) is 0 Å². The van der Waals surface area contributed by atoms with Crippen molar-refractivity contribution in [2.24, 2.45) is 0 Å². The van der Waals surface area contributed by atoms with Gasteiger partial charge in [0.2, 0.25) is 5.78 Å². The number of hydrogen-bond donors (Lipinski definition) is 1. The third-order valence-corrected chi connectivity index (χ3v) is 3.36. The van der Waals surface area contributed by atoms with Gasteiger partial charge in [-0.2, -0.15) is 0 Å². The molecular formula is C16H9ClN2O3. The molecule has 0 atom stereocenters.